The zero-order valence-electron chi connectivity index (χ0n) is 26.8. The van der Waals surface area contributed by atoms with Gasteiger partial charge in [0.15, 0.2) is 0 Å². The molecule has 11 heteroatoms. The fourth-order valence-corrected chi connectivity index (χ4v) is 5.24. The minimum atomic E-state index is -0.274. The second-order valence-electron chi connectivity index (χ2n) is 12.1. The molecular formula is C34H49N5O6. The van der Waals surface area contributed by atoms with Crippen LogP contribution in [0.2, 0.25) is 0 Å². The highest BCUT2D eigenvalue weighted by Gasteiger charge is 2.25. The number of unbranched alkanes of at least 4 members (excludes halogenated alkanes) is 2. The first kappa shape index (κ1) is 37.1. The quantitative estimate of drug-likeness (QED) is 0.0998. The van der Waals surface area contributed by atoms with Crippen molar-refractivity contribution in [3.63, 3.8) is 0 Å². The first-order chi connectivity index (χ1) is 21.6. The van der Waals surface area contributed by atoms with Gasteiger partial charge < -0.3 is 10.6 Å². The van der Waals surface area contributed by atoms with Crippen molar-refractivity contribution in [1.82, 2.24) is 20.4 Å². The van der Waals surface area contributed by atoms with Crippen LogP contribution in [0.4, 0.5) is 0 Å². The Morgan fingerprint density at radius 2 is 1.13 bits per heavy atom. The molecule has 6 amide bonds. The summed E-state index contributed by atoms with van der Waals surface area (Å²) >= 11 is 0. The summed E-state index contributed by atoms with van der Waals surface area (Å²) in [6.07, 6.45) is 17.7. The van der Waals surface area contributed by atoms with Gasteiger partial charge in [-0.15, -0.1) is 0 Å². The standard InChI is InChI=1S/C34H49N5O6/c1-26(24-38-31(42)17-18-32(38)43)11-9-21-36-29(40)14-8-6-4-3-5-7-13-28(23-35)15-16-30(41)37-22-10-12-27(2)25-39-33(44)19-20-34(39)45/h3-4,17-20,26-28H,5-16,21-22,24-25H2,1-2H3,(H,36,40)(H,37,41)/b4-3+. The number of rotatable bonds is 23. The maximum absolute atomic E-state index is 12.2. The summed E-state index contributed by atoms with van der Waals surface area (Å²) in [7, 11) is 0. The van der Waals surface area contributed by atoms with Crippen molar-refractivity contribution >= 4 is 35.4 Å². The minimum Gasteiger partial charge on any atom is -0.356 e. The van der Waals surface area contributed by atoms with Gasteiger partial charge in [-0.1, -0.05) is 26.0 Å². The Kier molecular flexibility index (Phi) is 17.2. The topological polar surface area (TPSA) is 157 Å². The van der Waals surface area contributed by atoms with Crippen LogP contribution in [0.15, 0.2) is 36.5 Å². The predicted molar refractivity (Wildman–Crippen MR) is 170 cm³/mol. The molecule has 11 nitrogen and oxygen atoms in total. The normalized spacial score (nSPS) is 16.5. The van der Waals surface area contributed by atoms with E-state index in [-0.39, 0.29) is 53.2 Å². The molecule has 0 saturated carbocycles. The molecule has 246 valence electrons. The van der Waals surface area contributed by atoms with Gasteiger partial charge in [-0.25, -0.2) is 0 Å². The van der Waals surface area contributed by atoms with Crippen LogP contribution in [0, 0.1) is 29.1 Å². The summed E-state index contributed by atoms with van der Waals surface area (Å²) in [4.78, 5) is 73.3. The number of nitrogens with one attached hydrogen (secondary N) is 2. The molecule has 0 fully saturated rings. The van der Waals surface area contributed by atoms with E-state index >= 15 is 0 Å². The molecule has 0 aliphatic carbocycles. The number of hydrogen-bond donors (Lipinski definition) is 2. The lowest BCUT2D eigenvalue weighted by atomic mass is 9.98. The number of nitriles is 1. The number of hydrogen-bond acceptors (Lipinski definition) is 7. The lowest BCUT2D eigenvalue weighted by Crippen LogP contribution is -2.34. The highest BCUT2D eigenvalue weighted by molar-refractivity contribution is 6.13. The first-order valence-electron chi connectivity index (χ1n) is 16.3. The van der Waals surface area contributed by atoms with Crippen molar-refractivity contribution in [2.24, 2.45) is 17.8 Å². The summed E-state index contributed by atoms with van der Waals surface area (Å²) in [6, 6.07) is 2.31. The monoisotopic (exact) mass is 623 g/mol. The zero-order valence-corrected chi connectivity index (χ0v) is 26.8. The largest absolute Gasteiger partial charge is 0.356 e. The molecule has 0 aromatic rings. The van der Waals surface area contributed by atoms with Crippen molar-refractivity contribution in [2.75, 3.05) is 26.2 Å². The molecule has 0 bridgehead atoms. The van der Waals surface area contributed by atoms with Gasteiger partial charge in [-0.05, 0) is 76.0 Å². The van der Waals surface area contributed by atoms with Gasteiger partial charge >= 0.3 is 0 Å². The van der Waals surface area contributed by atoms with Crippen molar-refractivity contribution in [2.45, 2.75) is 90.9 Å². The van der Waals surface area contributed by atoms with Gasteiger partial charge in [0.1, 0.15) is 0 Å². The zero-order chi connectivity index (χ0) is 33.0. The summed E-state index contributed by atoms with van der Waals surface area (Å²) in [5.74, 6) is -0.965. The van der Waals surface area contributed by atoms with Gasteiger partial charge in [0.05, 0.1) is 6.07 Å². The Hall–Kier alpha value is -4.07. The molecule has 2 heterocycles. The number of allylic oxidation sites excluding steroid dienone is 2. The van der Waals surface area contributed by atoms with Crippen molar-refractivity contribution in [3.8, 4) is 6.07 Å². The van der Waals surface area contributed by atoms with Gasteiger partial charge in [0.25, 0.3) is 23.6 Å². The van der Waals surface area contributed by atoms with E-state index in [1.165, 1.54) is 34.1 Å². The van der Waals surface area contributed by atoms with E-state index in [0.717, 1.165) is 57.8 Å². The average Bonchev–Trinajstić information content (AvgIpc) is 3.50. The second kappa shape index (κ2) is 20.8. The van der Waals surface area contributed by atoms with Gasteiger partial charge in [-0.3, -0.25) is 38.6 Å². The highest BCUT2D eigenvalue weighted by atomic mass is 16.2. The Morgan fingerprint density at radius 3 is 1.60 bits per heavy atom. The van der Waals surface area contributed by atoms with Gasteiger partial charge in [-0.2, -0.15) is 5.26 Å². The average molecular weight is 624 g/mol. The lowest BCUT2D eigenvalue weighted by Gasteiger charge is -2.19. The smallest absolute Gasteiger partial charge is 0.253 e. The van der Waals surface area contributed by atoms with Crippen molar-refractivity contribution < 1.29 is 28.8 Å². The maximum Gasteiger partial charge on any atom is 0.253 e. The third kappa shape index (κ3) is 15.0. The summed E-state index contributed by atoms with van der Waals surface area (Å²) < 4.78 is 0. The van der Waals surface area contributed by atoms with Crippen LogP contribution in [0.3, 0.4) is 0 Å². The number of nitrogens with zero attached hydrogens (tertiary/aromatic N) is 3. The predicted octanol–water partition coefficient (Wildman–Crippen LogP) is 3.72. The SMILES string of the molecule is CC(CCCNC(=O)CCC/C=C/CCCC(C#N)CCC(=O)NCCCC(C)CN1C(=O)C=CC1=O)CN1C(=O)C=CC1=O. The molecule has 0 aromatic heterocycles. The van der Waals surface area contributed by atoms with E-state index in [0.29, 0.717) is 45.4 Å². The molecule has 3 atom stereocenters. The fourth-order valence-electron chi connectivity index (χ4n) is 5.24. The molecule has 0 spiro atoms. The Bertz CT molecular complexity index is 1130. The van der Waals surface area contributed by atoms with Crippen LogP contribution in [-0.4, -0.2) is 71.4 Å². The molecule has 2 aliphatic heterocycles. The molecule has 2 rings (SSSR count). The number of imide groups is 2. The van der Waals surface area contributed by atoms with Crippen LogP contribution in [0.5, 0.6) is 0 Å². The minimum absolute atomic E-state index is 0.0197. The highest BCUT2D eigenvalue weighted by Crippen LogP contribution is 2.16. The lowest BCUT2D eigenvalue weighted by molar-refractivity contribution is -0.139. The number of carbonyl (C=O) groups excluding carboxylic acids is 6. The van der Waals surface area contributed by atoms with E-state index in [1.54, 1.807) is 0 Å². The Labute approximate surface area is 267 Å². The maximum atomic E-state index is 12.2. The molecule has 0 saturated heterocycles. The molecule has 45 heavy (non-hydrogen) atoms. The fraction of sp³-hybridized carbons (Fsp3) is 0.618. The Morgan fingerprint density at radius 1 is 0.689 bits per heavy atom. The van der Waals surface area contributed by atoms with Gasteiger partial charge in [0, 0.05) is 69.2 Å². The second-order valence-corrected chi connectivity index (χ2v) is 12.1. The summed E-state index contributed by atoms with van der Waals surface area (Å²) in [6.45, 7) is 5.85. The van der Waals surface area contributed by atoms with E-state index in [1.807, 2.05) is 13.8 Å². The molecule has 2 aliphatic rings. The van der Waals surface area contributed by atoms with Crippen molar-refractivity contribution in [1.29, 1.82) is 5.26 Å². The third-order valence-electron chi connectivity index (χ3n) is 7.95. The molecular weight excluding hydrogens is 574 g/mol. The van der Waals surface area contributed by atoms with E-state index in [2.05, 4.69) is 28.9 Å². The van der Waals surface area contributed by atoms with Crippen LogP contribution in [0.25, 0.3) is 0 Å². The molecule has 0 aromatic carbocycles. The summed E-state index contributed by atoms with van der Waals surface area (Å²) in [5, 5.41) is 15.3. The van der Waals surface area contributed by atoms with Crippen LogP contribution < -0.4 is 10.6 Å². The van der Waals surface area contributed by atoms with E-state index in [9.17, 15) is 34.0 Å². The van der Waals surface area contributed by atoms with Crippen LogP contribution >= 0.6 is 0 Å². The van der Waals surface area contributed by atoms with Gasteiger partial charge in [0.2, 0.25) is 11.8 Å². The van der Waals surface area contributed by atoms with Crippen LogP contribution in [-0.2, 0) is 28.8 Å². The third-order valence-corrected chi connectivity index (χ3v) is 7.95. The number of carbonyl (C=O) groups is 6. The first-order valence-corrected chi connectivity index (χ1v) is 16.3. The van der Waals surface area contributed by atoms with Crippen molar-refractivity contribution in [3.05, 3.63) is 36.5 Å². The molecule has 0 radical (unpaired) electrons. The van der Waals surface area contributed by atoms with E-state index in [4.69, 9.17) is 0 Å². The van der Waals surface area contributed by atoms with Crippen LogP contribution in [0.1, 0.15) is 90.9 Å². The molecule has 3 unspecified atom stereocenters. The van der Waals surface area contributed by atoms with E-state index < -0.39 is 0 Å². The number of amides is 6. The Balaban J connectivity index is 1.41. The summed E-state index contributed by atoms with van der Waals surface area (Å²) in [5.41, 5.74) is 0. The molecule has 2 N–H and O–H groups in total.